The molecule has 0 aliphatic carbocycles. The second-order valence-corrected chi connectivity index (χ2v) is 11.5. The van der Waals surface area contributed by atoms with Gasteiger partial charge in [-0.3, -0.25) is 19.1 Å². The maximum Gasteiger partial charge on any atom is 0.252 e. The van der Waals surface area contributed by atoms with Crippen LogP contribution in [0.1, 0.15) is 62.5 Å². The number of aromatic nitrogens is 3. The van der Waals surface area contributed by atoms with Crippen LogP contribution in [-0.4, -0.2) is 45.2 Å². The summed E-state index contributed by atoms with van der Waals surface area (Å²) in [5.74, 6) is 0.136. The number of methoxy groups -OCH3 is 1. The molecule has 0 aliphatic heterocycles. The maximum atomic E-state index is 13.8. The first-order valence-corrected chi connectivity index (χ1v) is 14.0. The molecule has 8 nitrogen and oxygen atoms in total. The van der Waals surface area contributed by atoms with Gasteiger partial charge >= 0.3 is 0 Å². The number of carbonyl (C=O) groups is 2. The highest BCUT2D eigenvalue weighted by molar-refractivity contribution is 6.31. The number of rotatable bonds is 11. The maximum absolute atomic E-state index is 13.8. The number of halogens is 1. The molecule has 0 N–H and O–H groups in total. The predicted octanol–water partition coefficient (Wildman–Crippen LogP) is 6.21. The molecule has 0 radical (unpaired) electrons. The van der Waals surface area contributed by atoms with Crippen molar-refractivity contribution in [3.8, 4) is 16.9 Å². The molecule has 216 valence electrons. The lowest BCUT2D eigenvalue weighted by atomic mass is 9.95. The molecular weight excluding hydrogens is 542 g/mol. The molecule has 41 heavy (non-hydrogen) atoms. The molecule has 4 rings (SSSR count). The van der Waals surface area contributed by atoms with Crippen molar-refractivity contribution in [1.29, 1.82) is 0 Å². The highest BCUT2D eigenvalue weighted by Crippen LogP contribution is 2.34. The number of nitrogens with zero attached hydrogens (tertiary/aromatic N) is 3. The minimum Gasteiger partial charge on any atom is -0.495 e. The van der Waals surface area contributed by atoms with Gasteiger partial charge in [0.05, 0.1) is 30.5 Å². The van der Waals surface area contributed by atoms with Crippen LogP contribution in [0.5, 0.6) is 5.75 Å². The van der Waals surface area contributed by atoms with E-state index in [1.54, 1.807) is 36.0 Å². The first-order valence-electron chi connectivity index (χ1n) is 13.6. The van der Waals surface area contributed by atoms with E-state index < -0.39 is 17.2 Å². The Bertz CT molecular complexity index is 1650. The zero-order valence-corrected chi connectivity index (χ0v) is 25.1. The quantitative estimate of drug-likeness (QED) is 0.197. The smallest absolute Gasteiger partial charge is 0.252 e. The Morgan fingerprint density at radius 2 is 1.80 bits per heavy atom. The molecule has 1 unspecified atom stereocenters. The van der Waals surface area contributed by atoms with Gasteiger partial charge in [0.2, 0.25) is 0 Å². The van der Waals surface area contributed by atoms with Crippen molar-refractivity contribution < 1.29 is 19.1 Å². The van der Waals surface area contributed by atoms with E-state index in [4.69, 9.17) is 21.1 Å². The van der Waals surface area contributed by atoms with Crippen LogP contribution in [0.4, 0.5) is 0 Å². The van der Waals surface area contributed by atoms with Crippen LogP contribution in [-0.2, 0) is 23.0 Å². The molecule has 0 spiro atoms. The normalized spacial score (nSPS) is 12.5. The lowest BCUT2D eigenvalue weighted by molar-refractivity contribution is -0.122. The molecule has 0 saturated carbocycles. The van der Waals surface area contributed by atoms with Gasteiger partial charge in [-0.1, -0.05) is 24.6 Å². The number of pyridine rings is 1. The first kappa shape index (κ1) is 30.2. The fourth-order valence-corrected chi connectivity index (χ4v) is 5.05. The molecule has 0 saturated heterocycles. The average molecular weight is 578 g/mol. The second-order valence-electron chi connectivity index (χ2n) is 11.1. The summed E-state index contributed by atoms with van der Waals surface area (Å²) in [5, 5.41) is 5.76. The molecule has 2 aromatic heterocycles. The van der Waals surface area contributed by atoms with Crippen LogP contribution < -0.4 is 10.3 Å². The van der Waals surface area contributed by atoms with E-state index in [2.05, 4.69) is 5.10 Å². The third-order valence-corrected chi connectivity index (χ3v) is 7.09. The van der Waals surface area contributed by atoms with Crippen molar-refractivity contribution >= 4 is 34.1 Å². The molecule has 2 heterocycles. The number of hydrogen-bond donors (Lipinski definition) is 0. The summed E-state index contributed by atoms with van der Waals surface area (Å²) in [6, 6.07) is 11.3. The molecule has 0 amide bonds. The van der Waals surface area contributed by atoms with E-state index in [9.17, 15) is 14.4 Å². The van der Waals surface area contributed by atoms with E-state index in [1.807, 2.05) is 52.2 Å². The largest absolute Gasteiger partial charge is 0.495 e. The Labute approximate surface area is 244 Å². The van der Waals surface area contributed by atoms with Crippen molar-refractivity contribution in [2.24, 2.45) is 7.05 Å². The van der Waals surface area contributed by atoms with Crippen LogP contribution in [0.15, 0.2) is 59.7 Å². The number of hydrogen-bond acceptors (Lipinski definition) is 6. The van der Waals surface area contributed by atoms with Crippen molar-refractivity contribution in [1.82, 2.24) is 14.3 Å². The van der Waals surface area contributed by atoms with Crippen molar-refractivity contribution in [3.63, 3.8) is 0 Å². The summed E-state index contributed by atoms with van der Waals surface area (Å²) in [5.41, 5.74) is 2.27. The van der Waals surface area contributed by atoms with E-state index in [0.717, 1.165) is 16.5 Å². The lowest BCUT2D eigenvalue weighted by Crippen LogP contribution is -2.32. The van der Waals surface area contributed by atoms with E-state index in [0.29, 0.717) is 40.3 Å². The number of benzene rings is 2. The van der Waals surface area contributed by atoms with Crippen molar-refractivity contribution in [2.75, 3.05) is 13.7 Å². The minimum absolute atomic E-state index is 0.0825. The Kier molecular flexibility index (Phi) is 9.14. The summed E-state index contributed by atoms with van der Waals surface area (Å²) in [4.78, 5) is 40.1. The number of aryl methyl sites for hydroxylation is 1. The van der Waals surface area contributed by atoms with Gasteiger partial charge in [0, 0.05) is 60.3 Å². The number of Topliss-reactive ketones (excluding diaryl/α,β-unsaturated/α-hetero) is 2. The molecule has 0 aliphatic rings. The summed E-state index contributed by atoms with van der Waals surface area (Å²) in [7, 11) is 3.34. The number of ether oxygens (including phenoxy) is 2. The summed E-state index contributed by atoms with van der Waals surface area (Å²) >= 11 is 6.28. The second kappa shape index (κ2) is 12.4. The van der Waals surface area contributed by atoms with E-state index in [1.165, 1.54) is 17.7 Å². The molecule has 0 fully saturated rings. The highest BCUT2D eigenvalue weighted by Gasteiger charge is 2.26. The minimum atomic E-state index is -0.798. The van der Waals surface area contributed by atoms with Crippen LogP contribution in [0, 0.1) is 0 Å². The lowest BCUT2D eigenvalue weighted by Gasteiger charge is -2.24. The summed E-state index contributed by atoms with van der Waals surface area (Å²) in [6.45, 7) is 7.88. The van der Waals surface area contributed by atoms with E-state index in [-0.39, 0.29) is 24.6 Å². The van der Waals surface area contributed by atoms with Gasteiger partial charge in [0.15, 0.2) is 11.6 Å². The Morgan fingerprint density at radius 3 is 2.49 bits per heavy atom. The Morgan fingerprint density at radius 1 is 1.05 bits per heavy atom. The fraction of sp³-hybridized carbons (Fsp3) is 0.375. The van der Waals surface area contributed by atoms with Gasteiger partial charge in [-0.2, -0.15) is 5.10 Å². The Balaban J connectivity index is 1.75. The van der Waals surface area contributed by atoms with Gasteiger partial charge in [-0.05, 0) is 68.7 Å². The third kappa shape index (κ3) is 7.13. The number of ketones is 2. The van der Waals surface area contributed by atoms with Crippen LogP contribution in [0.2, 0.25) is 5.02 Å². The van der Waals surface area contributed by atoms with Crippen LogP contribution >= 0.6 is 11.6 Å². The third-order valence-electron chi connectivity index (χ3n) is 6.85. The predicted molar refractivity (Wildman–Crippen MR) is 161 cm³/mol. The van der Waals surface area contributed by atoms with Gasteiger partial charge in [-0.25, -0.2) is 0 Å². The van der Waals surface area contributed by atoms with Gasteiger partial charge in [-0.15, -0.1) is 0 Å². The average Bonchev–Trinajstić information content (AvgIpc) is 3.29. The zero-order valence-electron chi connectivity index (χ0n) is 24.4. The monoisotopic (exact) mass is 577 g/mol. The molecule has 2 aromatic carbocycles. The van der Waals surface area contributed by atoms with Crippen LogP contribution in [0.25, 0.3) is 22.0 Å². The van der Waals surface area contributed by atoms with Crippen molar-refractivity contribution in [3.05, 3.63) is 81.4 Å². The molecule has 1 atom stereocenters. The van der Waals surface area contributed by atoms with Gasteiger partial charge in [0.25, 0.3) is 5.56 Å². The molecule has 4 aromatic rings. The SMILES string of the molecule is CCC(=O)c1ccc(Cl)cc1-c1cc(=O)n(C(CCOC(C)(C)C)C(=O)Cc2ccc3nn(C)cc3c2)cc1OC. The van der Waals surface area contributed by atoms with Gasteiger partial charge in [0.1, 0.15) is 5.75 Å². The Hall–Kier alpha value is -3.75. The zero-order chi connectivity index (χ0) is 29.9. The summed E-state index contributed by atoms with van der Waals surface area (Å²) in [6.07, 6.45) is 4.17. The van der Waals surface area contributed by atoms with Crippen molar-refractivity contribution in [2.45, 2.75) is 58.6 Å². The standard InChI is InChI=1S/C32H36ClN3O5/c1-7-28(37)23-10-9-22(33)16-24(23)25-17-31(39)36(19-30(25)40-6)27(12-13-41-32(2,3)4)29(38)15-20-8-11-26-21(14-20)18-35(5)34-26/h8-11,14,16-19,27H,7,12-13,15H2,1-6H3. The fourth-order valence-electron chi connectivity index (χ4n) is 4.88. The number of carbonyl (C=O) groups excluding carboxylic acids is 2. The highest BCUT2D eigenvalue weighted by atomic mass is 35.5. The van der Waals surface area contributed by atoms with Gasteiger partial charge < -0.3 is 14.0 Å². The topological polar surface area (TPSA) is 92.4 Å². The van der Waals surface area contributed by atoms with Crippen LogP contribution in [0.3, 0.4) is 0 Å². The molecule has 0 bridgehead atoms. The summed E-state index contributed by atoms with van der Waals surface area (Å²) < 4.78 is 14.8. The van der Waals surface area contributed by atoms with E-state index >= 15 is 0 Å². The number of fused-ring (bicyclic) bond motifs is 1. The first-order chi connectivity index (χ1) is 19.4. The molecule has 9 heteroatoms. The molecular formula is C32H36ClN3O5.